The Morgan fingerprint density at radius 2 is 2.00 bits per heavy atom. The quantitative estimate of drug-likeness (QED) is 0.675. The summed E-state index contributed by atoms with van der Waals surface area (Å²) in [7, 11) is 0. The number of pyridine rings is 1. The third-order valence-corrected chi connectivity index (χ3v) is 2.74. The molecule has 0 fully saturated rings. The van der Waals surface area contributed by atoms with Crippen LogP contribution in [0.25, 0.3) is 5.82 Å². The summed E-state index contributed by atoms with van der Waals surface area (Å²) < 4.78 is 14.5. The molecule has 19 heavy (non-hydrogen) atoms. The molecule has 105 valence electrons. The maximum Gasteiger partial charge on any atom is 0.130 e. The monoisotopic (exact) mass is 439 g/mol. The summed E-state index contributed by atoms with van der Waals surface area (Å²) in [4.78, 5) is 4.24. The molecular formula is C14H17FIrN3-. The molecule has 0 saturated heterocycles. The number of aryl methyl sites for hydroxylation is 1. The van der Waals surface area contributed by atoms with Gasteiger partial charge in [0, 0.05) is 20.1 Å². The van der Waals surface area contributed by atoms with Crippen molar-refractivity contribution in [3.05, 3.63) is 41.3 Å². The van der Waals surface area contributed by atoms with Gasteiger partial charge in [-0.1, -0.05) is 40.0 Å². The van der Waals surface area contributed by atoms with Gasteiger partial charge in [0.05, 0.1) is 11.5 Å². The average molecular weight is 439 g/mol. The zero-order valence-corrected chi connectivity index (χ0v) is 13.9. The summed E-state index contributed by atoms with van der Waals surface area (Å²) in [6, 6.07) is 5.52. The second-order valence-electron chi connectivity index (χ2n) is 5.42. The van der Waals surface area contributed by atoms with E-state index in [-0.39, 0.29) is 25.5 Å². The van der Waals surface area contributed by atoms with E-state index in [2.05, 4.69) is 37.1 Å². The van der Waals surface area contributed by atoms with Crippen LogP contribution in [0.15, 0.2) is 18.2 Å². The summed E-state index contributed by atoms with van der Waals surface area (Å²) >= 11 is 0. The van der Waals surface area contributed by atoms with Crippen LogP contribution < -0.4 is 0 Å². The fourth-order valence-corrected chi connectivity index (χ4v) is 1.67. The second kappa shape index (κ2) is 5.93. The van der Waals surface area contributed by atoms with Gasteiger partial charge < -0.3 is 4.68 Å². The summed E-state index contributed by atoms with van der Waals surface area (Å²) in [5.74, 6) is 0.614. The van der Waals surface area contributed by atoms with Crippen molar-refractivity contribution in [1.29, 1.82) is 0 Å². The van der Waals surface area contributed by atoms with Crippen molar-refractivity contribution >= 4 is 0 Å². The molecule has 0 bridgehead atoms. The standard InChI is InChI=1S/C14H17FN3.Ir/c1-10-5-6-18(17-10)13-8-11(14(2,3)4)7-12(9-15)16-13;/h5,7-8H,9H2,1-4H3;/q-1;. The molecule has 2 aromatic heterocycles. The Balaban J connectivity index is 0.00000180. The molecule has 0 saturated carbocycles. The van der Waals surface area contributed by atoms with E-state index in [9.17, 15) is 4.39 Å². The molecule has 0 aliphatic heterocycles. The summed E-state index contributed by atoms with van der Waals surface area (Å²) in [5, 5.41) is 4.26. The molecule has 3 nitrogen and oxygen atoms in total. The van der Waals surface area contributed by atoms with E-state index in [1.807, 2.05) is 13.0 Å². The largest absolute Gasteiger partial charge is 0.343 e. The molecule has 0 unspecified atom stereocenters. The van der Waals surface area contributed by atoms with Gasteiger partial charge in [-0.25, -0.2) is 4.39 Å². The van der Waals surface area contributed by atoms with Crippen molar-refractivity contribution in [2.75, 3.05) is 0 Å². The predicted molar refractivity (Wildman–Crippen MR) is 68.4 cm³/mol. The molecule has 0 aliphatic rings. The molecule has 2 aromatic rings. The number of hydrogen-bond acceptors (Lipinski definition) is 2. The van der Waals surface area contributed by atoms with Crippen LogP contribution in [0.1, 0.15) is 37.7 Å². The normalized spacial score (nSPS) is 11.2. The fourth-order valence-electron chi connectivity index (χ4n) is 1.67. The van der Waals surface area contributed by atoms with Crippen LogP contribution >= 0.6 is 0 Å². The molecule has 5 heteroatoms. The van der Waals surface area contributed by atoms with Crippen LogP contribution in [-0.2, 0) is 32.2 Å². The topological polar surface area (TPSA) is 30.7 Å². The Morgan fingerprint density at radius 3 is 2.47 bits per heavy atom. The number of alkyl halides is 1. The number of aromatic nitrogens is 3. The molecule has 1 radical (unpaired) electrons. The molecular weight excluding hydrogens is 421 g/mol. The third kappa shape index (κ3) is 3.71. The molecule has 0 atom stereocenters. The van der Waals surface area contributed by atoms with Crippen molar-refractivity contribution in [3.8, 4) is 5.82 Å². The summed E-state index contributed by atoms with van der Waals surface area (Å²) in [6.45, 7) is 7.58. The van der Waals surface area contributed by atoms with Gasteiger partial charge in [0.1, 0.15) is 6.67 Å². The first-order valence-electron chi connectivity index (χ1n) is 5.92. The van der Waals surface area contributed by atoms with Crippen molar-refractivity contribution in [3.63, 3.8) is 0 Å². The fraction of sp³-hybridized carbons (Fsp3) is 0.429. The first kappa shape index (κ1) is 16.0. The Morgan fingerprint density at radius 1 is 1.32 bits per heavy atom. The Hall–Kier alpha value is -1.06. The van der Waals surface area contributed by atoms with Gasteiger partial charge in [-0.15, -0.1) is 6.07 Å². The second-order valence-corrected chi connectivity index (χ2v) is 5.42. The molecule has 2 heterocycles. The van der Waals surface area contributed by atoms with Crippen LogP contribution in [0, 0.1) is 13.1 Å². The van der Waals surface area contributed by atoms with Crippen LogP contribution in [0.5, 0.6) is 0 Å². The molecule has 0 N–H and O–H groups in total. The van der Waals surface area contributed by atoms with Gasteiger partial charge >= 0.3 is 0 Å². The minimum Gasteiger partial charge on any atom is -0.343 e. The average Bonchev–Trinajstić information content (AvgIpc) is 2.74. The van der Waals surface area contributed by atoms with Gasteiger partial charge in [0.15, 0.2) is 0 Å². The van der Waals surface area contributed by atoms with E-state index in [1.54, 1.807) is 16.8 Å². The third-order valence-electron chi connectivity index (χ3n) is 2.74. The van der Waals surface area contributed by atoms with Crippen LogP contribution in [0.2, 0.25) is 0 Å². The van der Waals surface area contributed by atoms with E-state index in [4.69, 9.17) is 0 Å². The van der Waals surface area contributed by atoms with Gasteiger partial charge in [0.25, 0.3) is 0 Å². The zero-order chi connectivity index (χ0) is 13.3. The maximum absolute atomic E-state index is 12.9. The maximum atomic E-state index is 12.9. The smallest absolute Gasteiger partial charge is 0.130 e. The van der Waals surface area contributed by atoms with Crippen molar-refractivity contribution in [1.82, 2.24) is 14.8 Å². The summed E-state index contributed by atoms with van der Waals surface area (Å²) in [5.41, 5.74) is 2.28. The van der Waals surface area contributed by atoms with E-state index in [1.165, 1.54) is 0 Å². The van der Waals surface area contributed by atoms with E-state index >= 15 is 0 Å². The first-order valence-corrected chi connectivity index (χ1v) is 5.92. The van der Waals surface area contributed by atoms with Gasteiger partial charge in [-0.3, -0.25) is 10.1 Å². The molecule has 0 aliphatic carbocycles. The first-order chi connectivity index (χ1) is 8.40. The van der Waals surface area contributed by atoms with E-state index in [0.29, 0.717) is 11.5 Å². The Labute approximate surface area is 126 Å². The molecule has 2 rings (SSSR count). The van der Waals surface area contributed by atoms with Crippen molar-refractivity contribution in [2.45, 2.75) is 39.8 Å². The molecule has 0 amide bonds. The van der Waals surface area contributed by atoms with E-state index < -0.39 is 6.67 Å². The Kier molecular flexibility index (Phi) is 4.99. The molecule has 0 spiro atoms. The van der Waals surface area contributed by atoms with E-state index in [0.717, 1.165) is 11.3 Å². The number of hydrogen-bond donors (Lipinski definition) is 0. The summed E-state index contributed by atoms with van der Waals surface area (Å²) in [6.07, 6.45) is 2.97. The van der Waals surface area contributed by atoms with Gasteiger partial charge in [-0.05, 0) is 22.7 Å². The van der Waals surface area contributed by atoms with Crippen molar-refractivity contribution in [2.24, 2.45) is 0 Å². The minimum atomic E-state index is -0.572. The number of nitrogens with zero attached hydrogens (tertiary/aromatic N) is 3. The number of halogens is 1. The zero-order valence-electron chi connectivity index (χ0n) is 11.5. The molecule has 0 aromatic carbocycles. The van der Waals surface area contributed by atoms with Crippen LogP contribution in [0.4, 0.5) is 4.39 Å². The van der Waals surface area contributed by atoms with Gasteiger partial charge in [-0.2, -0.15) is 0 Å². The predicted octanol–water partition coefficient (Wildman–Crippen LogP) is 3.14. The number of rotatable bonds is 2. The minimum absolute atomic E-state index is 0. The van der Waals surface area contributed by atoms with Crippen LogP contribution in [0.3, 0.4) is 0 Å². The Bertz CT molecular complexity index is 558. The van der Waals surface area contributed by atoms with Gasteiger partial charge in [0.2, 0.25) is 0 Å². The van der Waals surface area contributed by atoms with Crippen LogP contribution in [-0.4, -0.2) is 14.8 Å². The SMILES string of the molecule is Cc1c[c-]n(-c2cc(C(C)(C)C)cc(CF)n2)n1.[Ir]. The van der Waals surface area contributed by atoms with Crippen molar-refractivity contribution < 1.29 is 24.5 Å².